The molecule has 4 rings (SSSR count). The number of amides is 1. The number of carbonyl (C=O) groups is 1. The summed E-state index contributed by atoms with van der Waals surface area (Å²) >= 11 is 0. The van der Waals surface area contributed by atoms with Crippen molar-refractivity contribution in [2.24, 2.45) is 5.73 Å². The molecule has 1 aromatic carbocycles. The van der Waals surface area contributed by atoms with Gasteiger partial charge in [-0.1, -0.05) is 6.92 Å². The van der Waals surface area contributed by atoms with Crippen LogP contribution in [0.2, 0.25) is 0 Å². The van der Waals surface area contributed by atoms with Crippen LogP contribution in [0.1, 0.15) is 28.5 Å². The second-order valence-corrected chi connectivity index (χ2v) is 8.47. The number of nitrogens with two attached hydrogens (primary N) is 1. The molecule has 0 radical (unpaired) electrons. The Balaban J connectivity index is 1.59. The lowest BCUT2D eigenvalue weighted by Gasteiger charge is -2.13. The second-order valence-electron chi connectivity index (χ2n) is 8.47. The van der Waals surface area contributed by atoms with Crippen LogP contribution in [0, 0.1) is 0 Å². The van der Waals surface area contributed by atoms with E-state index in [0.717, 1.165) is 10.2 Å². The zero-order valence-corrected chi connectivity index (χ0v) is 21.5. The average Bonchev–Trinajstić information content (AvgIpc) is 3.53. The summed E-state index contributed by atoms with van der Waals surface area (Å²) < 4.78 is 54.0. The fourth-order valence-corrected chi connectivity index (χ4v) is 4.06. The highest BCUT2D eigenvalue weighted by molar-refractivity contribution is 5.96. The van der Waals surface area contributed by atoms with Gasteiger partial charge in [0.05, 0.1) is 30.7 Å². The zero-order chi connectivity index (χ0) is 28.0. The first-order valence-corrected chi connectivity index (χ1v) is 12.2. The van der Waals surface area contributed by atoms with E-state index in [-0.39, 0.29) is 23.9 Å². The van der Waals surface area contributed by atoms with Crippen LogP contribution < -0.4 is 16.4 Å². The number of benzene rings is 1. The zero-order valence-electron chi connectivity index (χ0n) is 21.5. The number of nitrogens with zero attached hydrogens (tertiary/aromatic N) is 5. The van der Waals surface area contributed by atoms with Crippen molar-refractivity contribution in [3.05, 3.63) is 59.8 Å². The fourth-order valence-electron chi connectivity index (χ4n) is 4.06. The number of alkyl halides is 3. The topological polar surface area (TPSA) is 134 Å². The molecule has 1 amide bonds. The third kappa shape index (κ3) is 6.35. The van der Waals surface area contributed by atoms with Crippen LogP contribution in [0.5, 0.6) is 0 Å². The first kappa shape index (κ1) is 28.0. The summed E-state index contributed by atoms with van der Waals surface area (Å²) in [6, 6.07) is 5.25. The maximum absolute atomic E-state index is 13.7. The summed E-state index contributed by atoms with van der Waals surface area (Å²) in [6.07, 6.45) is 1.52. The highest BCUT2D eigenvalue weighted by atomic mass is 19.4. The monoisotopic (exact) mass is 546 g/mol. The molecule has 0 atom stereocenters. The Morgan fingerprint density at radius 2 is 2.03 bits per heavy atom. The Morgan fingerprint density at radius 3 is 2.74 bits per heavy atom. The predicted octanol–water partition coefficient (Wildman–Crippen LogP) is 3.23. The van der Waals surface area contributed by atoms with Gasteiger partial charge in [0.15, 0.2) is 17.2 Å². The molecule has 0 aliphatic carbocycles. The number of imidazole rings is 1. The number of aryl methyl sites for hydroxylation is 1. The lowest BCUT2D eigenvalue weighted by atomic mass is 10.0. The number of hydrogen-bond donors (Lipinski definition) is 3. The predicted molar refractivity (Wildman–Crippen MR) is 138 cm³/mol. The van der Waals surface area contributed by atoms with Crippen LogP contribution in [0.4, 0.5) is 24.7 Å². The van der Waals surface area contributed by atoms with E-state index in [1.165, 1.54) is 36.3 Å². The molecule has 0 saturated carbocycles. The molecule has 0 aliphatic rings. The van der Waals surface area contributed by atoms with E-state index in [2.05, 4.69) is 25.7 Å². The second kappa shape index (κ2) is 12.2. The summed E-state index contributed by atoms with van der Waals surface area (Å²) in [7, 11) is 1.37. The van der Waals surface area contributed by atoms with E-state index in [4.69, 9.17) is 15.2 Å². The third-order valence-corrected chi connectivity index (χ3v) is 5.78. The standard InChI is InChI=1S/C25H29F3N8O3/c1-3-16-12-17(4-5-18(16)24(37)31-8-11-39-10-6-29)33-22-23-32-13-20(36(23)9-7-30-22)19-14-35(15-38-2)34-21(19)25(26,27)28/h4-5,7,9,12-14H,3,6,8,10-11,15,29H2,1-2H3,(H,30,33)(H,31,37). The molecule has 0 saturated heterocycles. The maximum Gasteiger partial charge on any atom is 0.435 e. The van der Waals surface area contributed by atoms with Gasteiger partial charge >= 0.3 is 6.18 Å². The van der Waals surface area contributed by atoms with Crippen molar-refractivity contribution in [2.45, 2.75) is 26.3 Å². The number of rotatable bonds is 12. The number of carbonyl (C=O) groups excluding carboxylic acids is 1. The normalized spacial score (nSPS) is 11.7. The lowest BCUT2D eigenvalue weighted by Crippen LogP contribution is -2.28. The number of ether oxygens (including phenoxy) is 2. The Kier molecular flexibility index (Phi) is 8.79. The molecular weight excluding hydrogens is 517 g/mol. The van der Waals surface area contributed by atoms with Gasteiger partial charge in [-0.3, -0.25) is 9.20 Å². The third-order valence-electron chi connectivity index (χ3n) is 5.78. The van der Waals surface area contributed by atoms with Crippen LogP contribution >= 0.6 is 0 Å². The average molecular weight is 547 g/mol. The minimum Gasteiger partial charge on any atom is -0.378 e. The van der Waals surface area contributed by atoms with Gasteiger partial charge in [0.1, 0.15) is 6.73 Å². The van der Waals surface area contributed by atoms with Crippen LogP contribution in [0.3, 0.4) is 0 Å². The molecule has 0 unspecified atom stereocenters. The molecule has 14 heteroatoms. The molecule has 4 N–H and O–H groups in total. The van der Waals surface area contributed by atoms with Gasteiger partial charge in [0.2, 0.25) is 0 Å². The van der Waals surface area contributed by atoms with Gasteiger partial charge in [-0.15, -0.1) is 0 Å². The maximum atomic E-state index is 13.7. The van der Waals surface area contributed by atoms with Crippen LogP contribution in [0.25, 0.3) is 16.9 Å². The number of methoxy groups -OCH3 is 1. The summed E-state index contributed by atoms with van der Waals surface area (Å²) in [5.41, 5.74) is 6.69. The van der Waals surface area contributed by atoms with Crippen molar-refractivity contribution < 1.29 is 27.4 Å². The van der Waals surface area contributed by atoms with Gasteiger partial charge in [0.25, 0.3) is 5.91 Å². The Labute approximate surface area is 222 Å². The molecule has 3 aromatic heterocycles. The van der Waals surface area contributed by atoms with Gasteiger partial charge < -0.3 is 25.8 Å². The van der Waals surface area contributed by atoms with Crippen LogP contribution in [-0.4, -0.2) is 63.5 Å². The first-order valence-electron chi connectivity index (χ1n) is 12.2. The van der Waals surface area contributed by atoms with Crippen molar-refractivity contribution in [3.8, 4) is 11.3 Å². The number of nitrogens with one attached hydrogen (secondary N) is 2. The minimum absolute atomic E-state index is 0.135. The van der Waals surface area contributed by atoms with Gasteiger partial charge in [0, 0.05) is 50.0 Å². The number of fused-ring (bicyclic) bond motifs is 1. The Hall–Kier alpha value is -4.01. The smallest absolute Gasteiger partial charge is 0.378 e. The van der Waals surface area contributed by atoms with Crippen LogP contribution in [0.15, 0.2) is 43.0 Å². The van der Waals surface area contributed by atoms with Crippen LogP contribution in [-0.2, 0) is 28.8 Å². The number of anilines is 2. The van der Waals surface area contributed by atoms with E-state index in [1.807, 2.05) is 13.0 Å². The van der Waals surface area contributed by atoms with E-state index >= 15 is 0 Å². The molecular formula is C25H29F3N8O3. The number of halogens is 3. The van der Waals surface area contributed by atoms with Crippen molar-refractivity contribution in [1.82, 2.24) is 29.5 Å². The Morgan fingerprint density at radius 1 is 1.21 bits per heavy atom. The van der Waals surface area contributed by atoms with Gasteiger partial charge in [-0.25, -0.2) is 14.6 Å². The van der Waals surface area contributed by atoms with Crippen molar-refractivity contribution >= 4 is 23.1 Å². The molecule has 0 spiro atoms. The highest BCUT2D eigenvalue weighted by Crippen LogP contribution is 2.37. The molecule has 4 aromatic rings. The van der Waals surface area contributed by atoms with E-state index in [9.17, 15) is 18.0 Å². The SMILES string of the molecule is CCc1cc(Nc2nccn3c(-c4cn(COC)nc4C(F)(F)F)cnc23)ccc1C(=O)NCCOCCN. The summed E-state index contributed by atoms with van der Waals surface area (Å²) in [6.45, 7) is 3.36. The first-order chi connectivity index (χ1) is 18.8. The molecule has 0 bridgehead atoms. The minimum atomic E-state index is -4.67. The quantitative estimate of drug-likeness (QED) is 0.231. The van der Waals surface area contributed by atoms with Crippen molar-refractivity contribution in [2.75, 3.05) is 38.7 Å². The molecule has 39 heavy (non-hydrogen) atoms. The van der Waals surface area contributed by atoms with Crippen molar-refractivity contribution in [1.29, 1.82) is 0 Å². The Bertz CT molecular complexity index is 1430. The summed E-state index contributed by atoms with van der Waals surface area (Å²) in [4.78, 5) is 21.3. The van der Waals surface area contributed by atoms with Gasteiger partial charge in [-0.05, 0) is 30.2 Å². The van der Waals surface area contributed by atoms with Crippen molar-refractivity contribution in [3.63, 3.8) is 0 Å². The lowest BCUT2D eigenvalue weighted by molar-refractivity contribution is -0.141. The van der Waals surface area contributed by atoms with E-state index in [0.29, 0.717) is 55.4 Å². The molecule has 3 heterocycles. The summed E-state index contributed by atoms with van der Waals surface area (Å²) in [5.74, 6) is 0.111. The molecule has 0 aliphatic heterocycles. The molecule has 208 valence electrons. The number of hydrogen-bond acceptors (Lipinski definition) is 8. The summed E-state index contributed by atoms with van der Waals surface area (Å²) in [5, 5.41) is 9.64. The van der Waals surface area contributed by atoms with E-state index in [1.54, 1.807) is 12.1 Å². The van der Waals surface area contributed by atoms with Gasteiger partial charge in [-0.2, -0.15) is 18.3 Å². The number of aromatic nitrogens is 5. The molecule has 0 fully saturated rings. The largest absolute Gasteiger partial charge is 0.435 e. The molecule has 11 nitrogen and oxygen atoms in total. The fraction of sp³-hybridized carbons (Fsp3) is 0.360. The highest BCUT2D eigenvalue weighted by Gasteiger charge is 2.38. The van der Waals surface area contributed by atoms with E-state index < -0.39 is 11.9 Å².